The van der Waals surface area contributed by atoms with Gasteiger partial charge in [0.15, 0.2) is 0 Å². The summed E-state index contributed by atoms with van der Waals surface area (Å²) >= 11 is 0. The predicted octanol–water partition coefficient (Wildman–Crippen LogP) is 1.75. The van der Waals surface area contributed by atoms with Gasteiger partial charge in [-0.2, -0.15) is 0 Å². The van der Waals surface area contributed by atoms with Crippen molar-refractivity contribution >= 4 is 5.91 Å². The van der Waals surface area contributed by atoms with E-state index in [-0.39, 0.29) is 18.1 Å². The first kappa shape index (κ1) is 17.9. The van der Waals surface area contributed by atoms with Crippen LogP contribution in [0.1, 0.15) is 37.7 Å². The number of rotatable bonds is 5. The van der Waals surface area contributed by atoms with E-state index in [9.17, 15) is 4.79 Å². The molecule has 0 spiro atoms. The van der Waals surface area contributed by atoms with Crippen LogP contribution in [0.5, 0.6) is 0 Å². The van der Waals surface area contributed by atoms with Gasteiger partial charge in [-0.25, -0.2) is 0 Å². The molecule has 1 amide bonds. The van der Waals surface area contributed by atoms with E-state index in [1.54, 1.807) is 0 Å². The molecule has 4 heterocycles. The summed E-state index contributed by atoms with van der Waals surface area (Å²) in [4.78, 5) is 19.1. The molecule has 26 heavy (non-hydrogen) atoms. The standard InChI is InChI=1S/C20H29N3O3/c24-20(22-13-15-6-11-25-12-7-15)19-2-1-17-18(26-19)5-10-23(17)14-16-3-8-21-9-4-16/h3-4,8-9,15,17-19H,1-2,5-7,10-14H2,(H,22,24)/t17-,18-,19+/m1/s1. The zero-order valence-corrected chi connectivity index (χ0v) is 15.3. The maximum atomic E-state index is 12.5. The van der Waals surface area contributed by atoms with Crippen LogP contribution in [0.2, 0.25) is 0 Å². The fourth-order valence-electron chi connectivity index (χ4n) is 4.44. The van der Waals surface area contributed by atoms with Crippen LogP contribution in [-0.4, -0.2) is 60.3 Å². The van der Waals surface area contributed by atoms with Crippen molar-refractivity contribution in [2.45, 2.75) is 56.9 Å². The van der Waals surface area contributed by atoms with Crippen LogP contribution >= 0.6 is 0 Å². The number of hydrogen-bond acceptors (Lipinski definition) is 5. The lowest BCUT2D eigenvalue weighted by molar-refractivity contribution is -0.144. The van der Waals surface area contributed by atoms with Crippen molar-refractivity contribution in [3.05, 3.63) is 30.1 Å². The Morgan fingerprint density at radius 3 is 2.77 bits per heavy atom. The van der Waals surface area contributed by atoms with Gasteiger partial charge in [-0.3, -0.25) is 14.7 Å². The number of carbonyl (C=O) groups excluding carboxylic acids is 1. The van der Waals surface area contributed by atoms with Crippen LogP contribution < -0.4 is 5.32 Å². The summed E-state index contributed by atoms with van der Waals surface area (Å²) in [7, 11) is 0. The normalized spacial score (nSPS) is 30.1. The summed E-state index contributed by atoms with van der Waals surface area (Å²) < 4.78 is 11.6. The number of nitrogens with zero attached hydrogens (tertiary/aromatic N) is 2. The molecule has 1 aromatic heterocycles. The van der Waals surface area contributed by atoms with E-state index in [0.29, 0.717) is 12.0 Å². The van der Waals surface area contributed by atoms with Gasteiger partial charge in [-0.15, -0.1) is 0 Å². The smallest absolute Gasteiger partial charge is 0.249 e. The highest BCUT2D eigenvalue weighted by Gasteiger charge is 2.41. The molecule has 3 fully saturated rings. The largest absolute Gasteiger partial charge is 0.381 e. The van der Waals surface area contributed by atoms with Gasteiger partial charge in [0.2, 0.25) is 5.91 Å². The van der Waals surface area contributed by atoms with Gasteiger partial charge in [0.05, 0.1) is 6.10 Å². The Balaban J connectivity index is 1.25. The average Bonchev–Trinajstić information content (AvgIpc) is 3.10. The van der Waals surface area contributed by atoms with Gasteiger partial charge in [0, 0.05) is 51.3 Å². The number of likely N-dealkylation sites (tertiary alicyclic amines) is 1. The lowest BCUT2D eigenvalue weighted by Crippen LogP contribution is -2.48. The van der Waals surface area contributed by atoms with E-state index in [1.165, 1.54) is 5.56 Å². The third kappa shape index (κ3) is 4.24. The number of ether oxygens (including phenoxy) is 2. The molecule has 0 aliphatic carbocycles. The Morgan fingerprint density at radius 1 is 1.15 bits per heavy atom. The minimum atomic E-state index is -0.281. The number of amides is 1. The third-order valence-corrected chi connectivity index (χ3v) is 6.00. The predicted molar refractivity (Wildman–Crippen MR) is 97.5 cm³/mol. The Hall–Kier alpha value is -1.50. The van der Waals surface area contributed by atoms with Crippen LogP contribution in [0.3, 0.4) is 0 Å². The second kappa shape index (κ2) is 8.46. The molecule has 0 unspecified atom stereocenters. The molecular weight excluding hydrogens is 330 g/mol. The van der Waals surface area contributed by atoms with E-state index in [4.69, 9.17) is 9.47 Å². The zero-order chi connectivity index (χ0) is 17.8. The van der Waals surface area contributed by atoms with Gasteiger partial charge in [-0.05, 0) is 55.7 Å². The van der Waals surface area contributed by atoms with Crippen molar-refractivity contribution < 1.29 is 14.3 Å². The first-order valence-corrected chi connectivity index (χ1v) is 9.93. The minimum Gasteiger partial charge on any atom is -0.381 e. The second-order valence-electron chi connectivity index (χ2n) is 7.72. The Kier molecular flexibility index (Phi) is 5.82. The molecule has 142 valence electrons. The maximum absolute atomic E-state index is 12.5. The summed E-state index contributed by atoms with van der Waals surface area (Å²) in [5.41, 5.74) is 1.29. The fourth-order valence-corrected chi connectivity index (χ4v) is 4.44. The number of pyridine rings is 1. The van der Waals surface area contributed by atoms with Gasteiger partial charge >= 0.3 is 0 Å². The lowest BCUT2D eigenvalue weighted by Gasteiger charge is -2.35. The summed E-state index contributed by atoms with van der Waals surface area (Å²) in [6.07, 6.45) is 8.54. The van der Waals surface area contributed by atoms with Crippen molar-refractivity contribution in [1.82, 2.24) is 15.2 Å². The zero-order valence-electron chi connectivity index (χ0n) is 15.3. The number of hydrogen-bond donors (Lipinski definition) is 1. The fraction of sp³-hybridized carbons (Fsp3) is 0.700. The molecule has 4 rings (SSSR count). The maximum Gasteiger partial charge on any atom is 0.249 e. The van der Waals surface area contributed by atoms with Gasteiger partial charge in [0.25, 0.3) is 0 Å². The first-order valence-electron chi connectivity index (χ1n) is 9.93. The van der Waals surface area contributed by atoms with Gasteiger partial charge in [0.1, 0.15) is 6.10 Å². The SMILES string of the molecule is O=C(NCC1CCOCC1)[C@@H]1CC[C@@H]2[C@@H](CCN2Cc2ccncc2)O1. The van der Waals surface area contributed by atoms with Crippen LogP contribution in [0.4, 0.5) is 0 Å². The van der Waals surface area contributed by atoms with Crippen molar-refractivity contribution in [2.24, 2.45) is 5.92 Å². The van der Waals surface area contributed by atoms with Crippen molar-refractivity contribution in [3.8, 4) is 0 Å². The van der Waals surface area contributed by atoms with Crippen LogP contribution in [0.15, 0.2) is 24.5 Å². The monoisotopic (exact) mass is 359 g/mol. The van der Waals surface area contributed by atoms with Crippen molar-refractivity contribution in [1.29, 1.82) is 0 Å². The third-order valence-electron chi connectivity index (χ3n) is 6.00. The number of fused-ring (bicyclic) bond motifs is 1. The number of carbonyl (C=O) groups is 1. The average molecular weight is 359 g/mol. The highest BCUT2D eigenvalue weighted by molar-refractivity contribution is 5.80. The molecule has 1 aromatic rings. The van der Waals surface area contributed by atoms with Crippen molar-refractivity contribution in [2.75, 3.05) is 26.3 Å². The molecular formula is C20H29N3O3. The Morgan fingerprint density at radius 2 is 1.96 bits per heavy atom. The lowest BCUT2D eigenvalue weighted by atomic mass is 9.97. The Labute approximate surface area is 155 Å². The summed E-state index contributed by atoms with van der Waals surface area (Å²) in [5.74, 6) is 0.619. The van der Waals surface area contributed by atoms with E-state index >= 15 is 0 Å². The quantitative estimate of drug-likeness (QED) is 0.868. The Bertz CT molecular complexity index is 591. The van der Waals surface area contributed by atoms with Crippen molar-refractivity contribution in [3.63, 3.8) is 0 Å². The van der Waals surface area contributed by atoms with Crippen LogP contribution in [-0.2, 0) is 20.8 Å². The molecule has 3 aliphatic heterocycles. The van der Waals surface area contributed by atoms with Gasteiger partial charge in [-0.1, -0.05) is 0 Å². The highest BCUT2D eigenvalue weighted by Crippen LogP contribution is 2.32. The molecule has 1 N–H and O–H groups in total. The summed E-state index contributed by atoms with van der Waals surface area (Å²) in [5, 5.41) is 3.11. The molecule has 6 heteroatoms. The van der Waals surface area contributed by atoms with Crippen LogP contribution in [0.25, 0.3) is 0 Å². The summed E-state index contributed by atoms with van der Waals surface area (Å²) in [6, 6.07) is 4.58. The van der Waals surface area contributed by atoms with E-state index < -0.39 is 0 Å². The van der Waals surface area contributed by atoms with Gasteiger partial charge < -0.3 is 14.8 Å². The second-order valence-corrected chi connectivity index (χ2v) is 7.72. The van der Waals surface area contributed by atoms with E-state index in [1.807, 2.05) is 12.4 Å². The molecule has 0 aromatic carbocycles. The number of aromatic nitrogens is 1. The van der Waals surface area contributed by atoms with Crippen LogP contribution in [0, 0.1) is 5.92 Å². The molecule has 6 nitrogen and oxygen atoms in total. The molecule has 3 aliphatic rings. The molecule has 0 saturated carbocycles. The molecule has 3 atom stereocenters. The molecule has 3 saturated heterocycles. The first-order chi connectivity index (χ1) is 12.8. The summed E-state index contributed by atoms with van der Waals surface area (Å²) in [6.45, 7) is 4.36. The van der Waals surface area contributed by atoms with E-state index in [2.05, 4.69) is 27.3 Å². The molecule has 0 bridgehead atoms. The van der Waals surface area contributed by atoms with E-state index in [0.717, 1.165) is 65.0 Å². The minimum absolute atomic E-state index is 0.0718. The highest BCUT2D eigenvalue weighted by atomic mass is 16.5. The number of nitrogens with one attached hydrogen (secondary N) is 1. The topological polar surface area (TPSA) is 63.7 Å². The molecule has 0 radical (unpaired) electrons.